The third-order valence-corrected chi connectivity index (χ3v) is 6.12. The first-order chi connectivity index (χ1) is 16.5. The summed E-state index contributed by atoms with van der Waals surface area (Å²) in [6.07, 6.45) is 5.41. The molecule has 0 bridgehead atoms. The smallest absolute Gasteiger partial charge is 0.267 e. The predicted molar refractivity (Wildman–Crippen MR) is 129 cm³/mol. The van der Waals surface area contributed by atoms with Gasteiger partial charge in [0.05, 0.1) is 22.6 Å². The minimum absolute atomic E-state index is 0.225. The molecule has 1 aliphatic heterocycles. The summed E-state index contributed by atoms with van der Waals surface area (Å²) < 4.78 is 15.0. The summed E-state index contributed by atoms with van der Waals surface area (Å²) in [5.74, 6) is -0.127. The number of hydrogen-bond acceptors (Lipinski definition) is 5. The number of hydrogen-bond donors (Lipinski definition) is 1. The van der Waals surface area contributed by atoms with Crippen molar-refractivity contribution in [2.45, 2.75) is 25.8 Å². The molecule has 0 radical (unpaired) electrons. The maximum Gasteiger partial charge on any atom is 0.267 e. The van der Waals surface area contributed by atoms with Gasteiger partial charge in [-0.05, 0) is 73.9 Å². The molecule has 5 rings (SSSR count). The molecule has 2 aromatic heterocycles. The van der Waals surface area contributed by atoms with Crippen LogP contribution in [0.25, 0.3) is 16.6 Å². The minimum Gasteiger partial charge on any atom is -0.345 e. The Labute approximate surface area is 195 Å². The van der Waals surface area contributed by atoms with Crippen LogP contribution >= 0.6 is 0 Å². The van der Waals surface area contributed by atoms with Crippen molar-refractivity contribution in [1.82, 2.24) is 19.9 Å². The maximum atomic E-state index is 13.5. The summed E-state index contributed by atoms with van der Waals surface area (Å²) in [5, 5.41) is 3.36. The molecular formula is C26H24FN5O2. The molecule has 1 N–H and O–H groups in total. The Hall–Kier alpha value is -4.07. The lowest BCUT2D eigenvalue weighted by Crippen LogP contribution is -2.30. The third-order valence-electron chi connectivity index (χ3n) is 6.12. The SMILES string of the molecule is CC(NC(=O)c1ccc2c(=O)n(-c3ccc(F)cc3)c(N3CCCC3)nc2c1)c1cccnc1. The summed E-state index contributed by atoms with van der Waals surface area (Å²) in [6.45, 7) is 3.45. The van der Waals surface area contributed by atoms with Crippen LogP contribution in [0.2, 0.25) is 0 Å². The van der Waals surface area contributed by atoms with Crippen molar-refractivity contribution in [3.63, 3.8) is 0 Å². The average molecular weight is 458 g/mol. The van der Waals surface area contributed by atoms with Crippen molar-refractivity contribution >= 4 is 22.8 Å². The van der Waals surface area contributed by atoms with E-state index in [1.54, 1.807) is 42.7 Å². The first-order valence-electron chi connectivity index (χ1n) is 11.3. The highest BCUT2D eigenvalue weighted by Crippen LogP contribution is 2.24. The van der Waals surface area contributed by atoms with E-state index in [-0.39, 0.29) is 23.3 Å². The Kier molecular flexibility index (Phi) is 5.79. The molecule has 4 aromatic rings. The van der Waals surface area contributed by atoms with Crippen molar-refractivity contribution in [3.05, 3.63) is 94.3 Å². The van der Waals surface area contributed by atoms with Crippen LogP contribution in [0.1, 0.15) is 41.7 Å². The quantitative estimate of drug-likeness (QED) is 0.490. The number of rotatable bonds is 5. The zero-order valence-electron chi connectivity index (χ0n) is 18.7. The summed E-state index contributed by atoms with van der Waals surface area (Å²) in [6, 6.07) is 14.2. The molecule has 0 spiro atoms. The predicted octanol–water partition coefficient (Wildman–Crippen LogP) is 4.01. The number of fused-ring (bicyclic) bond motifs is 1. The van der Waals surface area contributed by atoms with Crippen molar-refractivity contribution < 1.29 is 9.18 Å². The molecule has 0 saturated carbocycles. The topological polar surface area (TPSA) is 80.1 Å². The fraction of sp³-hybridized carbons (Fsp3) is 0.231. The van der Waals surface area contributed by atoms with Crippen LogP contribution in [0.4, 0.5) is 10.3 Å². The molecule has 172 valence electrons. The molecule has 1 unspecified atom stereocenters. The molecule has 2 aromatic carbocycles. The van der Waals surface area contributed by atoms with Gasteiger partial charge >= 0.3 is 0 Å². The highest BCUT2D eigenvalue weighted by Gasteiger charge is 2.22. The summed E-state index contributed by atoms with van der Waals surface area (Å²) in [7, 11) is 0. The van der Waals surface area contributed by atoms with Gasteiger partial charge in [-0.1, -0.05) is 6.07 Å². The number of amides is 1. The normalized spacial score (nSPS) is 14.4. The van der Waals surface area contributed by atoms with Crippen LogP contribution in [0, 0.1) is 5.82 Å². The van der Waals surface area contributed by atoms with Crippen LogP contribution < -0.4 is 15.8 Å². The second-order valence-electron chi connectivity index (χ2n) is 8.44. The molecular weight excluding hydrogens is 433 g/mol. The lowest BCUT2D eigenvalue weighted by atomic mass is 10.1. The van der Waals surface area contributed by atoms with Gasteiger partial charge in [-0.15, -0.1) is 0 Å². The number of anilines is 1. The van der Waals surface area contributed by atoms with E-state index in [2.05, 4.69) is 15.2 Å². The van der Waals surface area contributed by atoms with Crippen LogP contribution in [-0.4, -0.2) is 33.5 Å². The fourth-order valence-electron chi connectivity index (χ4n) is 4.26. The van der Waals surface area contributed by atoms with Gasteiger partial charge in [0.2, 0.25) is 5.95 Å². The van der Waals surface area contributed by atoms with E-state index >= 15 is 0 Å². The first-order valence-corrected chi connectivity index (χ1v) is 11.3. The fourth-order valence-corrected chi connectivity index (χ4v) is 4.26. The molecule has 7 nitrogen and oxygen atoms in total. The number of aromatic nitrogens is 3. The average Bonchev–Trinajstić information content (AvgIpc) is 3.40. The van der Waals surface area contributed by atoms with E-state index in [0.29, 0.717) is 28.1 Å². The zero-order chi connectivity index (χ0) is 23.7. The highest BCUT2D eigenvalue weighted by atomic mass is 19.1. The number of carbonyl (C=O) groups is 1. The van der Waals surface area contributed by atoms with Crippen LogP contribution in [-0.2, 0) is 0 Å². The number of carbonyl (C=O) groups excluding carboxylic acids is 1. The van der Waals surface area contributed by atoms with Gasteiger partial charge < -0.3 is 10.2 Å². The molecule has 8 heteroatoms. The van der Waals surface area contributed by atoms with Crippen LogP contribution in [0.5, 0.6) is 0 Å². The van der Waals surface area contributed by atoms with Crippen molar-refractivity contribution in [2.75, 3.05) is 18.0 Å². The molecule has 1 saturated heterocycles. The minimum atomic E-state index is -0.371. The summed E-state index contributed by atoms with van der Waals surface area (Å²) in [4.78, 5) is 37.4. The second-order valence-corrected chi connectivity index (χ2v) is 8.44. The number of pyridine rings is 1. The van der Waals surface area contributed by atoms with Gasteiger partial charge in [-0.3, -0.25) is 14.6 Å². The van der Waals surface area contributed by atoms with Crippen molar-refractivity contribution in [3.8, 4) is 5.69 Å². The van der Waals surface area contributed by atoms with Crippen LogP contribution in [0.15, 0.2) is 71.8 Å². The van der Waals surface area contributed by atoms with E-state index in [0.717, 1.165) is 31.5 Å². The van der Waals surface area contributed by atoms with Gasteiger partial charge in [0.1, 0.15) is 5.82 Å². The van der Waals surface area contributed by atoms with E-state index in [4.69, 9.17) is 4.98 Å². The van der Waals surface area contributed by atoms with Crippen LogP contribution in [0.3, 0.4) is 0 Å². The number of halogens is 1. The molecule has 1 fully saturated rings. The van der Waals surface area contributed by atoms with Crippen molar-refractivity contribution in [2.24, 2.45) is 0 Å². The lowest BCUT2D eigenvalue weighted by molar-refractivity contribution is 0.0940. The first kappa shape index (κ1) is 21.8. The summed E-state index contributed by atoms with van der Waals surface area (Å²) in [5.41, 5.74) is 2.06. The molecule has 1 atom stereocenters. The van der Waals surface area contributed by atoms with Gasteiger partial charge in [0.15, 0.2) is 0 Å². The largest absolute Gasteiger partial charge is 0.345 e. The molecule has 1 amide bonds. The third kappa shape index (κ3) is 4.14. The highest BCUT2D eigenvalue weighted by molar-refractivity contribution is 5.98. The second kappa shape index (κ2) is 9.05. The van der Waals surface area contributed by atoms with E-state index < -0.39 is 0 Å². The standard InChI is InChI=1S/C26H24FN5O2/c1-17(19-5-4-12-28-16-19)29-24(33)18-6-11-22-23(15-18)30-26(31-13-2-3-14-31)32(25(22)34)21-9-7-20(27)8-10-21/h4-12,15-17H,2-3,13-14H2,1H3,(H,29,33). The van der Waals surface area contributed by atoms with E-state index in [9.17, 15) is 14.0 Å². The lowest BCUT2D eigenvalue weighted by Gasteiger charge is -2.22. The van der Waals surface area contributed by atoms with E-state index in [1.165, 1.54) is 16.7 Å². The number of benzene rings is 2. The Morgan fingerprint density at radius 2 is 1.85 bits per heavy atom. The van der Waals surface area contributed by atoms with E-state index in [1.807, 2.05) is 19.1 Å². The van der Waals surface area contributed by atoms with Gasteiger partial charge in [0.25, 0.3) is 11.5 Å². The molecule has 0 aliphatic carbocycles. The number of nitrogens with zero attached hydrogens (tertiary/aromatic N) is 4. The monoisotopic (exact) mass is 457 g/mol. The number of nitrogens with one attached hydrogen (secondary N) is 1. The van der Waals surface area contributed by atoms with Gasteiger partial charge in [-0.25, -0.2) is 13.9 Å². The van der Waals surface area contributed by atoms with Gasteiger partial charge in [-0.2, -0.15) is 0 Å². The summed E-state index contributed by atoms with van der Waals surface area (Å²) >= 11 is 0. The Balaban J connectivity index is 1.56. The maximum absolute atomic E-state index is 13.5. The van der Waals surface area contributed by atoms with Gasteiger partial charge in [0, 0.05) is 31.0 Å². The Bertz CT molecular complexity index is 1400. The van der Waals surface area contributed by atoms with Crippen molar-refractivity contribution in [1.29, 1.82) is 0 Å². The molecule has 34 heavy (non-hydrogen) atoms. The molecule has 1 aliphatic rings. The Morgan fingerprint density at radius 3 is 2.56 bits per heavy atom. The zero-order valence-corrected chi connectivity index (χ0v) is 18.7. The Morgan fingerprint density at radius 1 is 1.09 bits per heavy atom. The molecule has 3 heterocycles.